The Labute approximate surface area is 97.4 Å². The van der Waals surface area contributed by atoms with E-state index in [2.05, 4.69) is 4.99 Å². The summed E-state index contributed by atoms with van der Waals surface area (Å²) < 4.78 is 11.9. The maximum Gasteiger partial charge on any atom is 0.178 e. The Hall–Kier alpha value is -0.450. The molecule has 4 heteroatoms. The fourth-order valence-corrected chi connectivity index (χ4v) is 3.29. The van der Waals surface area contributed by atoms with Gasteiger partial charge in [-0.2, -0.15) is 0 Å². The van der Waals surface area contributed by atoms with Crippen molar-refractivity contribution in [2.45, 2.75) is 17.7 Å². The van der Waals surface area contributed by atoms with Crippen LogP contribution in [-0.4, -0.2) is 21.6 Å². The van der Waals surface area contributed by atoms with E-state index in [1.165, 1.54) is 0 Å². The van der Waals surface area contributed by atoms with Gasteiger partial charge in [-0.15, -0.1) is 11.8 Å². The minimum absolute atomic E-state index is 0.747. The topological polar surface area (TPSA) is 35.4 Å². The zero-order valence-corrected chi connectivity index (χ0v) is 10.2. The van der Waals surface area contributed by atoms with Crippen molar-refractivity contribution >= 4 is 33.7 Å². The zero-order valence-electron chi connectivity index (χ0n) is 8.60. The maximum atomic E-state index is 11.9. The van der Waals surface area contributed by atoms with E-state index < -0.39 is 11.2 Å². The lowest BCUT2D eigenvalue weighted by Gasteiger charge is -2.15. The minimum atomic E-state index is -0.877. The molecule has 0 fully saturated rings. The highest BCUT2D eigenvalue weighted by Gasteiger charge is 2.18. The third-order valence-electron chi connectivity index (χ3n) is 2.31. The van der Waals surface area contributed by atoms with Crippen LogP contribution in [0.1, 0.15) is 12.8 Å². The Kier molecular flexibility index (Phi) is 3.72. The molecule has 1 aromatic rings. The molecular weight excluding hydrogens is 226 g/mol. The summed E-state index contributed by atoms with van der Waals surface area (Å²) in [5, 5.41) is 1.14. The molecule has 0 spiro atoms. The monoisotopic (exact) mass is 239 g/mol. The van der Waals surface area contributed by atoms with Crippen LogP contribution in [-0.2, 0) is 11.2 Å². The molecule has 2 nitrogen and oxygen atoms in total. The number of hydrogen-bond acceptors (Lipinski definition) is 3. The number of rotatable bonds is 0. The average molecular weight is 239 g/mol. The smallest absolute Gasteiger partial charge is 0.178 e. The van der Waals surface area contributed by atoms with Gasteiger partial charge in [0.05, 0.1) is 5.04 Å². The number of aliphatic imine (C=N–C) groups is 1. The molecule has 1 unspecified atom stereocenters. The van der Waals surface area contributed by atoms with E-state index in [0.29, 0.717) is 0 Å². The first-order valence-electron chi connectivity index (χ1n) is 4.90. The lowest BCUT2D eigenvalue weighted by Crippen LogP contribution is -2.10. The van der Waals surface area contributed by atoms with Gasteiger partial charge >= 0.3 is 0 Å². The highest BCUT2D eigenvalue weighted by Crippen LogP contribution is 2.29. The standard InChI is InChI=1S/C11H13NOS2/c1-14-11-7-4-8-15(13)10-6-3-2-5-9(10)12-11/h2-3,5-6H,4,7-8H2,1H3/b12-11+. The summed E-state index contributed by atoms with van der Waals surface area (Å²) in [4.78, 5) is 5.43. The van der Waals surface area contributed by atoms with E-state index in [-0.39, 0.29) is 0 Å². The average Bonchev–Trinajstić information content (AvgIpc) is 2.25. The Morgan fingerprint density at radius 3 is 3.00 bits per heavy atom. The SMILES string of the molecule is CS/C1=N/c2ccccc2[S+]([O-])CCC1. The van der Waals surface area contributed by atoms with Gasteiger partial charge in [-0.1, -0.05) is 12.1 Å². The highest BCUT2D eigenvalue weighted by atomic mass is 32.2. The Morgan fingerprint density at radius 1 is 1.40 bits per heavy atom. The molecule has 1 atom stereocenters. The van der Waals surface area contributed by atoms with Crippen LogP contribution in [0.2, 0.25) is 0 Å². The predicted molar refractivity (Wildman–Crippen MR) is 67.6 cm³/mol. The molecule has 0 bridgehead atoms. The second-order valence-corrected chi connectivity index (χ2v) is 5.75. The van der Waals surface area contributed by atoms with E-state index in [1.807, 2.05) is 30.5 Å². The molecule has 0 amide bonds. The van der Waals surface area contributed by atoms with Gasteiger partial charge in [-0.25, -0.2) is 4.99 Å². The molecule has 0 radical (unpaired) electrons. The first-order valence-corrected chi connectivity index (χ1v) is 7.44. The van der Waals surface area contributed by atoms with Gasteiger partial charge in [-0.05, 0) is 36.0 Å². The van der Waals surface area contributed by atoms with Gasteiger partial charge in [0.1, 0.15) is 11.4 Å². The number of hydrogen-bond donors (Lipinski definition) is 0. The largest absolute Gasteiger partial charge is 0.611 e. The van der Waals surface area contributed by atoms with E-state index in [1.54, 1.807) is 11.8 Å². The number of benzene rings is 1. The second kappa shape index (κ2) is 5.05. The number of fused-ring (bicyclic) bond motifs is 1. The van der Waals surface area contributed by atoms with Crippen LogP contribution < -0.4 is 0 Å². The van der Waals surface area contributed by atoms with Crippen LogP contribution in [0.4, 0.5) is 5.69 Å². The van der Waals surface area contributed by atoms with E-state index >= 15 is 0 Å². The van der Waals surface area contributed by atoms with Crippen molar-refractivity contribution < 1.29 is 4.55 Å². The van der Waals surface area contributed by atoms with Gasteiger partial charge < -0.3 is 4.55 Å². The normalized spacial score (nSPS) is 24.7. The molecule has 80 valence electrons. The quantitative estimate of drug-likeness (QED) is 0.652. The molecule has 0 N–H and O–H groups in total. The van der Waals surface area contributed by atoms with Gasteiger partial charge in [0, 0.05) is 6.42 Å². The second-order valence-electron chi connectivity index (χ2n) is 3.33. The Morgan fingerprint density at radius 2 is 2.20 bits per heavy atom. The van der Waals surface area contributed by atoms with Crippen LogP contribution >= 0.6 is 11.8 Å². The van der Waals surface area contributed by atoms with Gasteiger partial charge in [0.2, 0.25) is 0 Å². The summed E-state index contributed by atoms with van der Waals surface area (Å²) in [7, 11) is 0. The van der Waals surface area contributed by atoms with Gasteiger partial charge in [0.15, 0.2) is 4.90 Å². The molecular formula is C11H13NOS2. The molecule has 1 aliphatic rings. The number of para-hydroxylation sites is 1. The van der Waals surface area contributed by atoms with Gasteiger partial charge in [0.25, 0.3) is 0 Å². The molecule has 1 aromatic carbocycles. The summed E-state index contributed by atoms with van der Waals surface area (Å²) >= 11 is 0.807. The van der Waals surface area contributed by atoms with Crippen LogP contribution in [0.15, 0.2) is 34.2 Å². The molecule has 2 rings (SSSR count). The van der Waals surface area contributed by atoms with Crippen molar-refractivity contribution in [3.63, 3.8) is 0 Å². The lowest BCUT2D eigenvalue weighted by atomic mass is 10.3. The van der Waals surface area contributed by atoms with Crippen molar-refractivity contribution in [1.82, 2.24) is 0 Å². The molecule has 0 saturated carbocycles. The Bertz CT molecular complexity index is 379. The Balaban J connectivity index is 2.44. The van der Waals surface area contributed by atoms with E-state index in [4.69, 9.17) is 0 Å². The summed E-state index contributed by atoms with van der Waals surface area (Å²) in [5.41, 5.74) is 0.875. The lowest BCUT2D eigenvalue weighted by molar-refractivity contribution is 0.593. The third kappa shape index (κ3) is 2.56. The number of nitrogens with zero attached hydrogens (tertiary/aromatic N) is 1. The summed E-state index contributed by atoms with van der Waals surface area (Å²) in [6, 6.07) is 7.72. The molecule has 0 saturated heterocycles. The van der Waals surface area contributed by atoms with Crippen LogP contribution in [0.5, 0.6) is 0 Å². The minimum Gasteiger partial charge on any atom is -0.611 e. The van der Waals surface area contributed by atoms with E-state index in [9.17, 15) is 4.55 Å². The summed E-state index contributed by atoms with van der Waals surface area (Å²) in [6.07, 6.45) is 3.95. The van der Waals surface area contributed by atoms with Crippen molar-refractivity contribution in [3.8, 4) is 0 Å². The molecule has 1 aliphatic heterocycles. The molecule has 0 aromatic heterocycles. The van der Waals surface area contributed by atoms with Crippen molar-refractivity contribution in [1.29, 1.82) is 0 Å². The maximum absolute atomic E-state index is 11.9. The number of thioether (sulfide) groups is 1. The predicted octanol–water partition coefficient (Wildman–Crippen LogP) is 2.98. The van der Waals surface area contributed by atoms with Crippen molar-refractivity contribution in [2.24, 2.45) is 4.99 Å². The molecule has 0 aliphatic carbocycles. The van der Waals surface area contributed by atoms with Gasteiger partial charge in [-0.3, -0.25) is 0 Å². The first kappa shape index (κ1) is 11.0. The highest BCUT2D eigenvalue weighted by molar-refractivity contribution is 8.13. The first-order chi connectivity index (χ1) is 7.31. The fourth-order valence-electron chi connectivity index (χ4n) is 1.54. The van der Waals surface area contributed by atoms with Crippen LogP contribution in [0.3, 0.4) is 0 Å². The van der Waals surface area contributed by atoms with E-state index in [0.717, 1.165) is 34.2 Å². The van der Waals surface area contributed by atoms with Crippen molar-refractivity contribution in [3.05, 3.63) is 24.3 Å². The van der Waals surface area contributed by atoms with Crippen LogP contribution in [0, 0.1) is 0 Å². The molecule has 1 heterocycles. The summed E-state index contributed by atoms with van der Waals surface area (Å²) in [6.45, 7) is 0. The van der Waals surface area contributed by atoms with Crippen LogP contribution in [0.25, 0.3) is 0 Å². The summed E-state index contributed by atoms with van der Waals surface area (Å²) in [5.74, 6) is 0.747. The fraction of sp³-hybridized carbons (Fsp3) is 0.364. The van der Waals surface area contributed by atoms with Crippen molar-refractivity contribution in [2.75, 3.05) is 12.0 Å². The zero-order chi connectivity index (χ0) is 10.7. The molecule has 15 heavy (non-hydrogen) atoms. The third-order valence-corrected chi connectivity index (χ3v) is 4.57.